The molecule has 0 radical (unpaired) electrons. The summed E-state index contributed by atoms with van der Waals surface area (Å²) in [7, 11) is 1.69. The quantitative estimate of drug-likeness (QED) is 0.835. The summed E-state index contributed by atoms with van der Waals surface area (Å²) < 4.78 is 5.16. The van der Waals surface area contributed by atoms with Crippen LogP contribution in [-0.2, 0) is 6.42 Å². The first-order valence-electron chi connectivity index (χ1n) is 7.16. The Morgan fingerprint density at radius 2 is 1.60 bits per heavy atom. The van der Waals surface area contributed by atoms with Crippen molar-refractivity contribution in [3.05, 3.63) is 59.7 Å². The van der Waals surface area contributed by atoms with Crippen molar-refractivity contribution >= 4 is 5.69 Å². The molecule has 106 valence electrons. The highest BCUT2D eigenvalue weighted by Gasteiger charge is 1.99. The van der Waals surface area contributed by atoms with Crippen LogP contribution in [0.4, 0.5) is 5.69 Å². The maximum atomic E-state index is 5.16. The molecule has 0 aliphatic heterocycles. The second-order valence-corrected chi connectivity index (χ2v) is 5.30. The zero-order valence-electron chi connectivity index (χ0n) is 12.5. The fraction of sp³-hybridized carbons (Fsp3) is 0.333. The lowest BCUT2D eigenvalue weighted by Crippen LogP contribution is -2.04. The Kier molecular flexibility index (Phi) is 5.05. The van der Waals surface area contributed by atoms with Crippen molar-refractivity contribution in [3.63, 3.8) is 0 Å². The topological polar surface area (TPSA) is 21.3 Å². The normalized spacial score (nSPS) is 10.6. The molecule has 0 heterocycles. The van der Waals surface area contributed by atoms with Crippen LogP contribution >= 0.6 is 0 Å². The Hall–Kier alpha value is -1.96. The van der Waals surface area contributed by atoms with Gasteiger partial charge < -0.3 is 10.1 Å². The number of hydrogen-bond acceptors (Lipinski definition) is 2. The van der Waals surface area contributed by atoms with E-state index >= 15 is 0 Å². The Morgan fingerprint density at radius 1 is 0.950 bits per heavy atom. The number of hydrogen-bond donors (Lipinski definition) is 1. The van der Waals surface area contributed by atoms with E-state index in [0.29, 0.717) is 5.92 Å². The maximum Gasteiger partial charge on any atom is 0.118 e. The maximum absolute atomic E-state index is 5.16. The molecule has 0 bridgehead atoms. The monoisotopic (exact) mass is 269 g/mol. The van der Waals surface area contributed by atoms with Gasteiger partial charge in [0.15, 0.2) is 0 Å². The van der Waals surface area contributed by atoms with Gasteiger partial charge in [-0.15, -0.1) is 0 Å². The number of methoxy groups -OCH3 is 1. The third-order valence-electron chi connectivity index (χ3n) is 3.48. The first-order chi connectivity index (χ1) is 9.69. The Morgan fingerprint density at radius 3 is 2.15 bits per heavy atom. The fourth-order valence-electron chi connectivity index (χ4n) is 2.13. The zero-order valence-corrected chi connectivity index (χ0v) is 12.5. The van der Waals surface area contributed by atoms with Crippen LogP contribution in [0.25, 0.3) is 0 Å². The molecule has 0 fully saturated rings. The molecule has 0 atom stereocenters. The molecule has 0 aliphatic carbocycles. The van der Waals surface area contributed by atoms with Gasteiger partial charge in [-0.1, -0.05) is 38.1 Å². The summed E-state index contributed by atoms with van der Waals surface area (Å²) in [5, 5.41) is 3.46. The molecule has 2 nitrogen and oxygen atoms in total. The molecule has 2 aromatic carbocycles. The largest absolute Gasteiger partial charge is 0.497 e. The van der Waals surface area contributed by atoms with Gasteiger partial charge in [-0.3, -0.25) is 0 Å². The van der Waals surface area contributed by atoms with Crippen LogP contribution in [0.3, 0.4) is 0 Å². The summed E-state index contributed by atoms with van der Waals surface area (Å²) in [5.41, 5.74) is 3.88. The van der Waals surface area contributed by atoms with Gasteiger partial charge in [-0.05, 0) is 47.7 Å². The minimum atomic E-state index is 0.586. The molecule has 0 amide bonds. The average Bonchev–Trinajstić information content (AvgIpc) is 2.48. The van der Waals surface area contributed by atoms with Crippen molar-refractivity contribution in [3.8, 4) is 5.75 Å². The first-order valence-corrected chi connectivity index (χ1v) is 7.16. The fourth-order valence-corrected chi connectivity index (χ4v) is 2.13. The van der Waals surface area contributed by atoms with Crippen LogP contribution in [0.15, 0.2) is 48.5 Å². The van der Waals surface area contributed by atoms with Gasteiger partial charge >= 0.3 is 0 Å². The summed E-state index contributed by atoms with van der Waals surface area (Å²) >= 11 is 0. The number of rotatable bonds is 6. The van der Waals surface area contributed by atoms with Crippen LogP contribution in [0.1, 0.15) is 30.9 Å². The minimum absolute atomic E-state index is 0.586. The van der Waals surface area contributed by atoms with Gasteiger partial charge in [0.2, 0.25) is 0 Å². The van der Waals surface area contributed by atoms with Gasteiger partial charge in [-0.25, -0.2) is 0 Å². The SMILES string of the molecule is COc1ccc(CCNc2ccc(C(C)C)cc2)cc1. The second-order valence-electron chi connectivity index (χ2n) is 5.30. The highest BCUT2D eigenvalue weighted by atomic mass is 16.5. The average molecular weight is 269 g/mol. The van der Waals surface area contributed by atoms with E-state index in [4.69, 9.17) is 4.74 Å². The van der Waals surface area contributed by atoms with Crippen molar-refractivity contribution in [1.29, 1.82) is 0 Å². The van der Waals surface area contributed by atoms with Crippen LogP contribution in [-0.4, -0.2) is 13.7 Å². The van der Waals surface area contributed by atoms with Crippen LogP contribution < -0.4 is 10.1 Å². The smallest absolute Gasteiger partial charge is 0.118 e. The van der Waals surface area contributed by atoms with Gasteiger partial charge in [0.05, 0.1) is 7.11 Å². The Labute approximate surface area is 121 Å². The van der Waals surface area contributed by atoms with Crippen molar-refractivity contribution in [2.45, 2.75) is 26.2 Å². The Bertz CT molecular complexity index is 514. The predicted octanol–water partition coefficient (Wildman–Crippen LogP) is 4.47. The molecule has 0 aliphatic rings. The molecule has 2 heteroatoms. The highest BCUT2D eigenvalue weighted by Crippen LogP contribution is 2.17. The third-order valence-corrected chi connectivity index (χ3v) is 3.48. The second kappa shape index (κ2) is 6.99. The molecular weight excluding hydrogens is 246 g/mol. The highest BCUT2D eigenvalue weighted by molar-refractivity contribution is 5.45. The van der Waals surface area contributed by atoms with E-state index in [-0.39, 0.29) is 0 Å². The van der Waals surface area contributed by atoms with Crippen molar-refractivity contribution in [2.24, 2.45) is 0 Å². The summed E-state index contributed by atoms with van der Waals surface area (Å²) in [5.74, 6) is 1.49. The van der Waals surface area contributed by atoms with Crippen molar-refractivity contribution in [2.75, 3.05) is 19.0 Å². The zero-order chi connectivity index (χ0) is 14.4. The van der Waals surface area contributed by atoms with Crippen LogP contribution in [0.5, 0.6) is 5.75 Å². The molecule has 0 spiro atoms. The van der Waals surface area contributed by atoms with Crippen LogP contribution in [0, 0.1) is 0 Å². The minimum Gasteiger partial charge on any atom is -0.497 e. The predicted molar refractivity (Wildman–Crippen MR) is 85.7 cm³/mol. The van der Waals surface area contributed by atoms with E-state index in [0.717, 1.165) is 18.7 Å². The van der Waals surface area contributed by atoms with E-state index in [9.17, 15) is 0 Å². The molecule has 0 unspecified atom stereocenters. The van der Waals surface area contributed by atoms with Gasteiger partial charge in [0.1, 0.15) is 5.75 Å². The molecule has 20 heavy (non-hydrogen) atoms. The van der Waals surface area contributed by atoms with Crippen LogP contribution in [0.2, 0.25) is 0 Å². The molecule has 1 N–H and O–H groups in total. The molecular formula is C18H23NO. The molecule has 2 rings (SSSR count). The number of anilines is 1. The lowest BCUT2D eigenvalue weighted by molar-refractivity contribution is 0.414. The van der Waals surface area contributed by atoms with Gasteiger partial charge in [0.25, 0.3) is 0 Å². The van der Waals surface area contributed by atoms with E-state index in [1.54, 1.807) is 7.11 Å². The third kappa shape index (κ3) is 4.02. The van der Waals surface area contributed by atoms with E-state index in [1.807, 2.05) is 12.1 Å². The lowest BCUT2D eigenvalue weighted by Gasteiger charge is -2.09. The molecule has 0 aromatic heterocycles. The van der Waals surface area contributed by atoms with Crippen molar-refractivity contribution < 1.29 is 4.74 Å². The standard InChI is InChI=1S/C18H23NO/c1-14(2)16-6-8-17(9-7-16)19-13-12-15-4-10-18(20-3)11-5-15/h4-11,14,19H,12-13H2,1-3H3. The summed E-state index contributed by atoms with van der Waals surface area (Å²) in [6.45, 7) is 5.37. The van der Waals surface area contributed by atoms with Gasteiger partial charge in [-0.2, -0.15) is 0 Å². The Balaban J connectivity index is 1.82. The van der Waals surface area contributed by atoms with E-state index in [1.165, 1.54) is 16.8 Å². The summed E-state index contributed by atoms with van der Waals surface area (Å²) in [6, 6.07) is 16.9. The number of ether oxygens (including phenoxy) is 1. The number of benzene rings is 2. The molecule has 0 saturated carbocycles. The molecule has 0 saturated heterocycles. The summed E-state index contributed by atoms with van der Waals surface area (Å²) in [6.07, 6.45) is 1.01. The lowest BCUT2D eigenvalue weighted by atomic mass is 10.0. The first kappa shape index (κ1) is 14.4. The van der Waals surface area contributed by atoms with E-state index < -0.39 is 0 Å². The van der Waals surface area contributed by atoms with Gasteiger partial charge in [0, 0.05) is 12.2 Å². The van der Waals surface area contributed by atoms with E-state index in [2.05, 4.69) is 55.6 Å². The molecule has 2 aromatic rings. The number of nitrogens with one attached hydrogen (secondary N) is 1. The summed E-state index contributed by atoms with van der Waals surface area (Å²) in [4.78, 5) is 0. The van der Waals surface area contributed by atoms with Crippen molar-refractivity contribution in [1.82, 2.24) is 0 Å².